The number of anilines is 1. The van der Waals surface area contributed by atoms with Gasteiger partial charge in [-0.25, -0.2) is 0 Å². The van der Waals surface area contributed by atoms with Crippen molar-refractivity contribution in [2.75, 3.05) is 12.3 Å². The Hall–Kier alpha value is -1.10. The zero-order valence-corrected chi connectivity index (χ0v) is 7.77. The summed E-state index contributed by atoms with van der Waals surface area (Å²) in [4.78, 5) is 14.6. The molecule has 0 aliphatic rings. The van der Waals surface area contributed by atoms with Gasteiger partial charge in [-0.3, -0.25) is 4.79 Å². The zero-order valence-electron chi connectivity index (χ0n) is 6.96. The van der Waals surface area contributed by atoms with Gasteiger partial charge >= 0.3 is 0 Å². The Morgan fingerprint density at radius 1 is 1.67 bits per heavy atom. The summed E-state index contributed by atoms with van der Waals surface area (Å²) in [7, 11) is 0. The maximum absolute atomic E-state index is 11.1. The van der Waals surface area contributed by atoms with E-state index in [1.165, 1.54) is 11.3 Å². The van der Waals surface area contributed by atoms with Crippen LogP contribution in [0.2, 0.25) is 0 Å². The molecule has 66 valence electrons. The number of hydrogen-bond donors (Lipinski definition) is 1. The van der Waals surface area contributed by atoms with E-state index in [1.54, 1.807) is 6.92 Å². The van der Waals surface area contributed by atoms with Gasteiger partial charge in [0, 0.05) is 0 Å². The highest BCUT2D eigenvalue weighted by atomic mass is 32.1. The van der Waals surface area contributed by atoms with Crippen LogP contribution in [-0.2, 0) is 0 Å². The first-order valence-corrected chi connectivity index (χ1v) is 4.36. The molecule has 0 radical (unpaired) electrons. The predicted octanol–water partition coefficient (Wildman–Crippen LogP) is 0.793. The third kappa shape index (κ3) is 1.73. The van der Waals surface area contributed by atoms with Crippen LogP contribution in [0.3, 0.4) is 0 Å². The molecule has 0 saturated carbocycles. The Bertz CT molecular complexity index is 335. The fourth-order valence-corrected chi connectivity index (χ4v) is 1.47. The number of nitrogens with two attached hydrogens (primary N) is 1. The lowest BCUT2D eigenvalue weighted by Gasteiger charge is -2.03. The van der Waals surface area contributed by atoms with E-state index in [2.05, 4.69) is 4.98 Å². The van der Waals surface area contributed by atoms with Gasteiger partial charge in [-0.15, -0.1) is 0 Å². The Morgan fingerprint density at radius 3 is 2.92 bits per heavy atom. The minimum Gasteiger partial charge on any atom is -0.484 e. The molecule has 2 N–H and O–H groups in total. The summed E-state index contributed by atoms with van der Waals surface area (Å²) in [6.45, 7) is 4.06. The van der Waals surface area contributed by atoms with Crippen LogP contribution in [-0.4, -0.2) is 11.6 Å². The largest absolute Gasteiger partial charge is 0.484 e. The molecule has 1 aromatic heterocycles. The molecule has 0 atom stereocenters. The molecule has 0 amide bonds. The third-order valence-electron chi connectivity index (χ3n) is 1.31. The summed E-state index contributed by atoms with van der Waals surface area (Å²) >= 11 is 1.19. The summed E-state index contributed by atoms with van der Waals surface area (Å²) in [6, 6.07) is 0. The molecule has 1 rings (SSSR count). The standard InChI is InChI=1S/C7H10N2O2S/c1-3-11-6-4(2)5(10)9-7(8)12-6/h3H2,1-2H3,(H2,8,9,10). The van der Waals surface area contributed by atoms with E-state index in [9.17, 15) is 4.79 Å². The monoisotopic (exact) mass is 186 g/mol. The quantitative estimate of drug-likeness (QED) is 0.741. The highest BCUT2D eigenvalue weighted by Crippen LogP contribution is 2.23. The Balaban J connectivity index is 3.18. The van der Waals surface area contributed by atoms with E-state index in [1.807, 2.05) is 6.92 Å². The van der Waals surface area contributed by atoms with Crippen LogP contribution in [0.5, 0.6) is 5.06 Å². The van der Waals surface area contributed by atoms with E-state index in [-0.39, 0.29) is 10.7 Å². The van der Waals surface area contributed by atoms with Crippen molar-refractivity contribution in [3.8, 4) is 5.06 Å². The van der Waals surface area contributed by atoms with Crippen LogP contribution in [0.4, 0.5) is 5.13 Å². The molecule has 0 spiro atoms. The lowest BCUT2D eigenvalue weighted by Crippen LogP contribution is -2.12. The first kappa shape index (κ1) is 8.99. The maximum atomic E-state index is 11.1. The van der Waals surface area contributed by atoms with Gasteiger partial charge in [0.1, 0.15) is 0 Å². The molecular formula is C7H10N2O2S. The van der Waals surface area contributed by atoms with Crippen LogP contribution in [0.15, 0.2) is 4.79 Å². The molecule has 0 bridgehead atoms. The second-order valence-corrected chi connectivity index (χ2v) is 3.20. The third-order valence-corrected chi connectivity index (χ3v) is 2.22. The zero-order chi connectivity index (χ0) is 9.14. The van der Waals surface area contributed by atoms with Crippen molar-refractivity contribution in [1.82, 2.24) is 4.98 Å². The maximum Gasteiger partial charge on any atom is 0.279 e. The SMILES string of the molecule is CCOc1sc(N)nc(=O)c1C. The van der Waals surface area contributed by atoms with Crippen molar-refractivity contribution in [3.63, 3.8) is 0 Å². The summed E-state index contributed by atoms with van der Waals surface area (Å²) in [5.41, 5.74) is 5.60. The molecule has 4 nitrogen and oxygen atoms in total. The van der Waals surface area contributed by atoms with E-state index < -0.39 is 0 Å². The molecular weight excluding hydrogens is 176 g/mol. The van der Waals surface area contributed by atoms with E-state index in [4.69, 9.17) is 10.5 Å². The first-order chi connectivity index (χ1) is 5.65. The summed E-state index contributed by atoms with van der Waals surface area (Å²) < 4.78 is 5.20. The molecule has 0 aliphatic heterocycles. The van der Waals surface area contributed by atoms with Gasteiger partial charge in [-0.05, 0) is 13.8 Å². The van der Waals surface area contributed by atoms with Crippen LogP contribution < -0.4 is 16.0 Å². The van der Waals surface area contributed by atoms with Gasteiger partial charge in [0.15, 0.2) is 10.2 Å². The molecule has 12 heavy (non-hydrogen) atoms. The minimum atomic E-state index is -0.310. The average molecular weight is 186 g/mol. The Morgan fingerprint density at radius 2 is 2.33 bits per heavy atom. The van der Waals surface area contributed by atoms with E-state index >= 15 is 0 Å². The number of nitrogens with zero attached hydrogens (tertiary/aromatic N) is 1. The smallest absolute Gasteiger partial charge is 0.279 e. The molecule has 5 heteroatoms. The summed E-state index contributed by atoms with van der Waals surface area (Å²) in [6.07, 6.45) is 0. The second-order valence-electron chi connectivity index (χ2n) is 2.20. The topological polar surface area (TPSA) is 65.2 Å². The molecule has 0 unspecified atom stereocenters. The Kier molecular flexibility index (Phi) is 2.65. The molecule has 0 saturated heterocycles. The minimum absolute atomic E-state index is 0.244. The fraction of sp³-hybridized carbons (Fsp3) is 0.429. The normalized spacial score (nSPS) is 9.83. The van der Waals surface area contributed by atoms with Crippen molar-refractivity contribution in [3.05, 3.63) is 15.9 Å². The number of ether oxygens (including phenoxy) is 1. The lowest BCUT2D eigenvalue weighted by molar-refractivity contribution is 0.347. The number of nitrogen functional groups attached to an aromatic ring is 1. The predicted molar refractivity (Wildman–Crippen MR) is 48.7 cm³/mol. The van der Waals surface area contributed by atoms with Gasteiger partial charge in [0.25, 0.3) is 5.56 Å². The van der Waals surface area contributed by atoms with Crippen molar-refractivity contribution >= 4 is 16.5 Å². The van der Waals surface area contributed by atoms with Gasteiger partial charge in [0.2, 0.25) is 0 Å². The van der Waals surface area contributed by atoms with Crippen molar-refractivity contribution in [2.45, 2.75) is 13.8 Å². The van der Waals surface area contributed by atoms with Crippen LogP contribution in [0, 0.1) is 6.92 Å². The molecule has 0 fully saturated rings. The highest BCUT2D eigenvalue weighted by Gasteiger charge is 2.05. The first-order valence-electron chi connectivity index (χ1n) is 3.55. The van der Waals surface area contributed by atoms with Crippen molar-refractivity contribution in [1.29, 1.82) is 0 Å². The molecule has 0 aliphatic carbocycles. The number of rotatable bonds is 2. The van der Waals surface area contributed by atoms with Crippen LogP contribution in [0.25, 0.3) is 0 Å². The second kappa shape index (κ2) is 3.53. The van der Waals surface area contributed by atoms with Crippen molar-refractivity contribution < 1.29 is 4.74 Å². The lowest BCUT2D eigenvalue weighted by atomic mass is 10.4. The van der Waals surface area contributed by atoms with E-state index in [0.29, 0.717) is 17.2 Å². The average Bonchev–Trinajstić information content (AvgIpc) is 2.00. The van der Waals surface area contributed by atoms with Gasteiger partial charge in [-0.2, -0.15) is 4.98 Å². The summed E-state index contributed by atoms with van der Waals surface area (Å²) in [5.74, 6) is 0. The fourth-order valence-electron chi connectivity index (χ4n) is 0.734. The molecule has 1 heterocycles. The van der Waals surface area contributed by atoms with Crippen LogP contribution >= 0.6 is 11.3 Å². The highest BCUT2D eigenvalue weighted by molar-refractivity contribution is 7.16. The number of hydrogen-bond acceptors (Lipinski definition) is 5. The van der Waals surface area contributed by atoms with Crippen molar-refractivity contribution in [2.24, 2.45) is 0 Å². The van der Waals surface area contributed by atoms with Gasteiger partial charge in [0.05, 0.1) is 12.2 Å². The molecule has 0 aromatic carbocycles. The van der Waals surface area contributed by atoms with Crippen LogP contribution in [0.1, 0.15) is 12.5 Å². The van der Waals surface area contributed by atoms with Gasteiger partial charge in [-0.1, -0.05) is 11.3 Å². The molecule has 1 aromatic rings. The van der Waals surface area contributed by atoms with Gasteiger partial charge < -0.3 is 10.5 Å². The van der Waals surface area contributed by atoms with E-state index in [0.717, 1.165) is 0 Å². The summed E-state index contributed by atoms with van der Waals surface area (Å²) in [5, 5.41) is 0.809. The number of aromatic nitrogens is 1. The Labute approximate surface area is 74.0 Å².